The van der Waals surface area contributed by atoms with Crippen LogP contribution in [0.15, 0.2) is 48.5 Å². The summed E-state index contributed by atoms with van der Waals surface area (Å²) in [5.41, 5.74) is 0.557. The third-order valence-electron chi connectivity index (χ3n) is 4.37. The predicted octanol–water partition coefficient (Wildman–Crippen LogP) is 4.91. The van der Waals surface area contributed by atoms with Gasteiger partial charge in [-0.05, 0) is 36.8 Å². The number of carbonyl (C=O) groups excluding carboxylic acids is 3. The van der Waals surface area contributed by atoms with Gasteiger partial charge in [0.2, 0.25) is 0 Å². The number of non-ortho nitro benzene ring substituents is 1. The van der Waals surface area contributed by atoms with Crippen molar-refractivity contribution in [2.24, 2.45) is 0 Å². The Balaban J connectivity index is 1.94. The molecule has 0 spiro atoms. The van der Waals surface area contributed by atoms with Gasteiger partial charge in [0.15, 0.2) is 0 Å². The fourth-order valence-electron chi connectivity index (χ4n) is 2.86. The number of nitrogens with zero attached hydrogens (tertiary/aromatic N) is 1. The molecule has 1 aromatic heterocycles. The van der Waals surface area contributed by atoms with E-state index in [2.05, 4.69) is 10.6 Å². The van der Waals surface area contributed by atoms with E-state index in [9.17, 15) is 24.5 Å². The molecule has 9 nitrogen and oxygen atoms in total. The molecule has 0 aliphatic rings. The molecule has 2 amide bonds. The maximum Gasteiger partial charge on any atom is 0.341 e. The number of rotatable bonds is 6. The van der Waals surface area contributed by atoms with Crippen molar-refractivity contribution in [2.45, 2.75) is 6.92 Å². The fourth-order valence-corrected chi connectivity index (χ4v) is 4.13. The highest BCUT2D eigenvalue weighted by atomic mass is 35.5. The Labute approximate surface area is 191 Å². The zero-order valence-electron chi connectivity index (χ0n) is 16.8. The summed E-state index contributed by atoms with van der Waals surface area (Å²) in [5.74, 6) is -1.92. The summed E-state index contributed by atoms with van der Waals surface area (Å²) in [6.45, 7) is 1.55. The Morgan fingerprint density at radius 2 is 1.78 bits per heavy atom. The van der Waals surface area contributed by atoms with E-state index >= 15 is 0 Å². The predicted molar refractivity (Wildman–Crippen MR) is 121 cm³/mol. The van der Waals surface area contributed by atoms with E-state index in [4.69, 9.17) is 16.3 Å². The Hall–Kier alpha value is -3.76. The molecule has 0 atom stereocenters. The van der Waals surface area contributed by atoms with Crippen molar-refractivity contribution < 1.29 is 24.0 Å². The van der Waals surface area contributed by atoms with Gasteiger partial charge in [0.25, 0.3) is 17.5 Å². The highest BCUT2D eigenvalue weighted by Gasteiger charge is 2.27. The molecule has 11 heteroatoms. The maximum absolute atomic E-state index is 12.8. The fraction of sp³-hybridized carbons (Fsp3) is 0.0952. The molecule has 1 heterocycles. The zero-order valence-corrected chi connectivity index (χ0v) is 18.4. The van der Waals surface area contributed by atoms with Crippen LogP contribution in [-0.2, 0) is 4.74 Å². The molecule has 0 saturated heterocycles. The molecule has 32 heavy (non-hydrogen) atoms. The van der Waals surface area contributed by atoms with Crippen molar-refractivity contribution in [3.05, 3.63) is 85.2 Å². The molecular formula is C21H16ClN3O6S. The van der Waals surface area contributed by atoms with Gasteiger partial charge in [0.05, 0.1) is 22.5 Å². The molecule has 2 aromatic carbocycles. The number of halogens is 1. The quantitative estimate of drug-likeness (QED) is 0.297. The average Bonchev–Trinajstić information content (AvgIpc) is 3.09. The Kier molecular flexibility index (Phi) is 6.86. The van der Waals surface area contributed by atoms with Gasteiger partial charge < -0.3 is 15.4 Å². The Morgan fingerprint density at radius 3 is 2.44 bits per heavy atom. The molecule has 3 aromatic rings. The molecule has 0 aliphatic heterocycles. The number of nitro groups is 1. The summed E-state index contributed by atoms with van der Waals surface area (Å²) < 4.78 is 4.80. The van der Waals surface area contributed by atoms with Gasteiger partial charge in [0.1, 0.15) is 5.00 Å². The van der Waals surface area contributed by atoms with Gasteiger partial charge in [-0.15, -0.1) is 11.3 Å². The number of benzene rings is 2. The molecule has 164 valence electrons. The van der Waals surface area contributed by atoms with Crippen LogP contribution in [0.5, 0.6) is 0 Å². The first kappa shape index (κ1) is 22.9. The number of methoxy groups -OCH3 is 1. The lowest BCUT2D eigenvalue weighted by atomic mass is 10.1. The highest BCUT2D eigenvalue weighted by Crippen LogP contribution is 2.35. The zero-order chi connectivity index (χ0) is 23.4. The van der Waals surface area contributed by atoms with Crippen molar-refractivity contribution in [2.75, 3.05) is 17.7 Å². The monoisotopic (exact) mass is 473 g/mol. The van der Waals surface area contributed by atoms with Gasteiger partial charge in [-0.1, -0.05) is 23.7 Å². The molecule has 0 unspecified atom stereocenters. The second-order valence-electron chi connectivity index (χ2n) is 6.48. The SMILES string of the molecule is COC(=O)c1c(NC(=O)c2cccc([N+](=O)[O-])c2)sc(C(=O)Nc2cccc(Cl)c2)c1C. The number of ether oxygens (including phenoxy) is 1. The third-order valence-corrected chi connectivity index (χ3v) is 5.81. The summed E-state index contributed by atoms with van der Waals surface area (Å²) >= 11 is 6.83. The normalized spacial score (nSPS) is 10.3. The van der Waals surface area contributed by atoms with Crippen LogP contribution in [0.4, 0.5) is 16.4 Å². The third kappa shape index (κ3) is 4.93. The van der Waals surface area contributed by atoms with Crippen LogP contribution in [0.25, 0.3) is 0 Å². The summed E-state index contributed by atoms with van der Waals surface area (Å²) in [5, 5.41) is 16.7. The number of esters is 1. The molecule has 3 rings (SSSR count). The van der Waals surface area contributed by atoms with E-state index in [1.807, 2.05) is 0 Å². The summed E-state index contributed by atoms with van der Waals surface area (Å²) in [4.78, 5) is 48.4. The lowest BCUT2D eigenvalue weighted by Gasteiger charge is -2.06. The number of nitrogens with one attached hydrogen (secondary N) is 2. The summed E-state index contributed by atoms with van der Waals surface area (Å²) in [6.07, 6.45) is 0. The lowest BCUT2D eigenvalue weighted by molar-refractivity contribution is -0.384. The maximum atomic E-state index is 12.8. The second-order valence-corrected chi connectivity index (χ2v) is 7.93. The van der Waals surface area contributed by atoms with E-state index in [1.54, 1.807) is 31.2 Å². The van der Waals surface area contributed by atoms with Crippen molar-refractivity contribution in [1.82, 2.24) is 0 Å². The van der Waals surface area contributed by atoms with Crippen molar-refractivity contribution >= 4 is 57.1 Å². The van der Waals surface area contributed by atoms with Gasteiger partial charge in [0, 0.05) is 28.4 Å². The standard InChI is InChI=1S/C21H16ClN3O6S/c1-11-16(21(28)31-2)20(24-18(26)12-5-3-8-15(9-12)25(29)30)32-17(11)19(27)23-14-7-4-6-13(22)10-14/h3-10H,1-2H3,(H,23,27)(H,24,26). The first-order valence-electron chi connectivity index (χ1n) is 9.05. The number of hydrogen-bond acceptors (Lipinski definition) is 7. The number of amides is 2. The average molecular weight is 474 g/mol. The number of carbonyl (C=O) groups is 3. The molecule has 0 bridgehead atoms. The van der Waals surface area contributed by atoms with E-state index in [-0.39, 0.29) is 26.7 Å². The van der Waals surface area contributed by atoms with Gasteiger partial charge >= 0.3 is 5.97 Å². The minimum absolute atomic E-state index is 0.0194. The number of hydrogen-bond donors (Lipinski definition) is 2. The van der Waals surface area contributed by atoms with Crippen LogP contribution in [0, 0.1) is 17.0 Å². The summed E-state index contributed by atoms with van der Waals surface area (Å²) in [6, 6.07) is 11.7. The van der Waals surface area contributed by atoms with E-state index in [1.165, 1.54) is 25.3 Å². The van der Waals surface area contributed by atoms with Crippen LogP contribution in [0.1, 0.15) is 36.0 Å². The van der Waals surface area contributed by atoms with E-state index < -0.39 is 22.7 Å². The van der Waals surface area contributed by atoms with E-state index in [0.29, 0.717) is 16.3 Å². The minimum atomic E-state index is -0.741. The molecular weight excluding hydrogens is 458 g/mol. The first-order valence-corrected chi connectivity index (χ1v) is 10.2. The van der Waals surface area contributed by atoms with Crippen LogP contribution in [0.3, 0.4) is 0 Å². The van der Waals surface area contributed by atoms with Crippen LogP contribution in [0.2, 0.25) is 5.02 Å². The largest absolute Gasteiger partial charge is 0.465 e. The second kappa shape index (κ2) is 9.58. The molecule has 2 N–H and O–H groups in total. The van der Waals surface area contributed by atoms with E-state index in [0.717, 1.165) is 17.4 Å². The van der Waals surface area contributed by atoms with Crippen molar-refractivity contribution in [3.8, 4) is 0 Å². The van der Waals surface area contributed by atoms with Gasteiger partial charge in [-0.3, -0.25) is 19.7 Å². The summed E-state index contributed by atoms with van der Waals surface area (Å²) in [7, 11) is 1.18. The topological polar surface area (TPSA) is 128 Å². The minimum Gasteiger partial charge on any atom is -0.465 e. The van der Waals surface area contributed by atoms with Crippen LogP contribution < -0.4 is 10.6 Å². The molecule has 0 radical (unpaired) electrons. The smallest absolute Gasteiger partial charge is 0.341 e. The molecule has 0 aliphatic carbocycles. The number of anilines is 2. The van der Waals surface area contributed by atoms with Crippen molar-refractivity contribution in [1.29, 1.82) is 0 Å². The Morgan fingerprint density at radius 1 is 1.06 bits per heavy atom. The Bertz CT molecular complexity index is 1240. The van der Waals surface area contributed by atoms with Gasteiger partial charge in [-0.25, -0.2) is 4.79 Å². The molecule has 0 saturated carbocycles. The van der Waals surface area contributed by atoms with Crippen LogP contribution >= 0.6 is 22.9 Å². The number of thiophene rings is 1. The molecule has 0 fully saturated rings. The van der Waals surface area contributed by atoms with Crippen LogP contribution in [-0.4, -0.2) is 29.8 Å². The van der Waals surface area contributed by atoms with Crippen molar-refractivity contribution in [3.63, 3.8) is 0 Å². The first-order chi connectivity index (χ1) is 15.2. The lowest BCUT2D eigenvalue weighted by Crippen LogP contribution is -2.14. The highest BCUT2D eigenvalue weighted by molar-refractivity contribution is 7.19. The van der Waals surface area contributed by atoms with Gasteiger partial charge in [-0.2, -0.15) is 0 Å². The number of nitro benzene ring substituents is 1.